The first-order valence-corrected chi connectivity index (χ1v) is 7.46. The van der Waals surface area contributed by atoms with Crippen molar-refractivity contribution in [3.05, 3.63) is 41.4 Å². The lowest BCUT2D eigenvalue weighted by atomic mass is 10.2. The first-order valence-electron chi connectivity index (χ1n) is 6.58. The molecule has 1 N–H and O–H groups in total. The smallest absolute Gasteiger partial charge is 0.164 e. The van der Waals surface area contributed by atoms with Crippen molar-refractivity contribution in [2.45, 2.75) is 18.9 Å². The van der Waals surface area contributed by atoms with Gasteiger partial charge in [0.15, 0.2) is 10.8 Å². The zero-order valence-electron chi connectivity index (χ0n) is 10.4. The predicted molar refractivity (Wildman–Crippen MR) is 77.3 cm³/mol. The van der Waals surface area contributed by atoms with E-state index >= 15 is 0 Å². The molecule has 96 valence electrons. The highest BCUT2D eigenvalue weighted by Crippen LogP contribution is 2.32. The van der Waals surface area contributed by atoms with Gasteiger partial charge in [0.25, 0.3) is 0 Å². The molecule has 1 atom stereocenters. The molecule has 4 heteroatoms. The van der Waals surface area contributed by atoms with Gasteiger partial charge in [-0.3, -0.25) is 0 Å². The van der Waals surface area contributed by atoms with Crippen LogP contribution >= 0.6 is 11.3 Å². The van der Waals surface area contributed by atoms with Crippen LogP contribution < -0.4 is 5.32 Å². The van der Waals surface area contributed by atoms with E-state index in [1.807, 2.05) is 18.2 Å². The quantitative estimate of drug-likeness (QED) is 0.765. The highest BCUT2D eigenvalue weighted by molar-refractivity contribution is 7.13. The summed E-state index contributed by atoms with van der Waals surface area (Å²) in [6.45, 7) is 1.10. The predicted octanol–water partition coefficient (Wildman–Crippen LogP) is 3.98. The van der Waals surface area contributed by atoms with E-state index in [1.54, 1.807) is 11.3 Å². The Morgan fingerprint density at radius 1 is 1.32 bits per heavy atom. The molecule has 3 nitrogen and oxygen atoms in total. The molecule has 1 aromatic carbocycles. The maximum Gasteiger partial charge on any atom is 0.164 e. The lowest BCUT2D eigenvalue weighted by molar-refractivity contribution is 0.620. The lowest BCUT2D eigenvalue weighted by Gasteiger charge is -2.04. The number of benzene rings is 1. The first kappa shape index (κ1) is 11.2. The molecule has 0 radical (unpaired) electrons. The minimum atomic E-state index is 0.425. The van der Waals surface area contributed by atoms with E-state index in [9.17, 15) is 0 Å². The molecular formula is C15H14N2OS. The second kappa shape index (κ2) is 4.47. The molecule has 0 unspecified atom stereocenters. The standard InChI is InChI=1S/C15H14N2OS/c1-2-6-13-10(4-1)8-14(18-13)15-17-12(9-19-15)11-5-3-7-16-11/h1-2,4,6,8-9,11,16H,3,5,7H2/t11-/m0/s1. The molecule has 0 saturated carbocycles. The third kappa shape index (κ3) is 1.97. The number of hydrogen-bond donors (Lipinski definition) is 1. The zero-order valence-corrected chi connectivity index (χ0v) is 11.2. The SMILES string of the molecule is c1ccc2oc(-c3nc([C@@H]4CCCN4)cs3)cc2c1. The Balaban J connectivity index is 1.71. The lowest BCUT2D eigenvalue weighted by Crippen LogP contribution is -2.12. The molecule has 0 aliphatic carbocycles. The number of rotatable bonds is 2. The van der Waals surface area contributed by atoms with Crippen molar-refractivity contribution < 1.29 is 4.42 Å². The summed E-state index contributed by atoms with van der Waals surface area (Å²) in [5, 5.41) is 7.73. The highest BCUT2D eigenvalue weighted by atomic mass is 32.1. The summed E-state index contributed by atoms with van der Waals surface area (Å²) in [5.41, 5.74) is 2.08. The van der Waals surface area contributed by atoms with Crippen molar-refractivity contribution >= 4 is 22.3 Å². The van der Waals surface area contributed by atoms with Gasteiger partial charge in [0.2, 0.25) is 0 Å². The largest absolute Gasteiger partial charge is 0.454 e. The van der Waals surface area contributed by atoms with Gasteiger partial charge in [0, 0.05) is 10.8 Å². The first-order chi connectivity index (χ1) is 9.40. The fraction of sp³-hybridized carbons (Fsp3) is 0.267. The highest BCUT2D eigenvalue weighted by Gasteiger charge is 2.20. The molecule has 1 saturated heterocycles. The van der Waals surface area contributed by atoms with Gasteiger partial charge in [0.1, 0.15) is 5.58 Å². The number of aromatic nitrogens is 1. The van der Waals surface area contributed by atoms with E-state index in [4.69, 9.17) is 9.40 Å². The monoisotopic (exact) mass is 270 g/mol. The Hall–Kier alpha value is -1.65. The molecule has 1 aliphatic heterocycles. The summed E-state index contributed by atoms with van der Waals surface area (Å²) in [7, 11) is 0. The molecule has 1 fully saturated rings. The number of nitrogens with zero attached hydrogens (tertiary/aromatic N) is 1. The summed E-state index contributed by atoms with van der Waals surface area (Å²) < 4.78 is 5.86. The van der Waals surface area contributed by atoms with Crippen LogP contribution in [0.2, 0.25) is 0 Å². The average molecular weight is 270 g/mol. The molecule has 3 heterocycles. The topological polar surface area (TPSA) is 38.1 Å². The van der Waals surface area contributed by atoms with Crippen molar-refractivity contribution in [3.8, 4) is 10.8 Å². The van der Waals surface area contributed by atoms with E-state index in [0.29, 0.717) is 6.04 Å². The van der Waals surface area contributed by atoms with E-state index in [0.717, 1.165) is 34.0 Å². The van der Waals surface area contributed by atoms with Crippen LogP contribution in [-0.4, -0.2) is 11.5 Å². The Kier molecular flexibility index (Phi) is 2.64. The van der Waals surface area contributed by atoms with Crippen molar-refractivity contribution in [1.29, 1.82) is 0 Å². The maximum absolute atomic E-state index is 5.86. The van der Waals surface area contributed by atoms with Crippen LogP contribution in [0.3, 0.4) is 0 Å². The summed E-state index contributed by atoms with van der Waals surface area (Å²) in [4.78, 5) is 4.72. The third-order valence-electron chi connectivity index (χ3n) is 3.58. The Bertz CT molecular complexity index is 677. The number of hydrogen-bond acceptors (Lipinski definition) is 4. The molecule has 0 amide bonds. The molecule has 3 aromatic rings. The Morgan fingerprint density at radius 3 is 3.11 bits per heavy atom. The van der Waals surface area contributed by atoms with Gasteiger partial charge in [-0.25, -0.2) is 4.98 Å². The van der Waals surface area contributed by atoms with Crippen LogP contribution in [0, 0.1) is 0 Å². The van der Waals surface area contributed by atoms with Gasteiger partial charge in [-0.1, -0.05) is 18.2 Å². The van der Waals surface area contributed by atoms with Crippen LogP contribution in [0.1, 0.15) is 24.6 Å². The number of thiazole rings is 1. The van der Waals surface area contributed by atoms with E-state index < -0.39 is 0 Å². The summed E-state index contributed by atoms with van der Waals surface area (Å²) in [5.74, 6) is 0.871. The van der Waals surface area contributed by atoms with Crippen molar-refractivity contribution in [1.82, 2.24) is 10.3 Å². The summed E-state index contributed by atoms with van der Waals surface area (Å²) in [6, 6.07) is 10.6. The van der Waals surface area contributed by atoms with Gasteiger partial charge in [-0.2, -0.15) is 0 Å². The summed E-state index contributed by atoms with van der Waals surface area (Å²) in [6.07, 6.45) is 2.42. The normalized spacial score (nSPS) is 19.3. The maximum atomic E-state index is 5.86. The molecule has 0 spiro atoms. The molecule has 0 bridgehead atoms. The Morgan fingerprint density at radius 2 is 2.26 bits per heavy atom. The number of nitrogens with one attached hydrogen (secondary N) is 1. The third-order valence-corrected chi connectivity index (χ3v) is 4.45. The number of fused-ring (bicyclic) bond motifs is 1. The summed E-state index contributed by atoms with van der Waals surface area (Å²) >= 11 is 1.66. The molecular weight excluding hydrogens is 256 g/mol. The van der Waals surface area contributed by atoms with Crippen LogP contribution in [0.25, 0.3) is 21.7 Å². The van der Waals surface area contributed by atoms with Crippen molar-refractivity contribution in [2.24, 2.45) is 0 Å². The molecule has 2 aromatic heterocycles. The zero-order chi connectivity index (χ0) is 12.7. The van der Waals surface area contributed by atoms with Gasteiger partial charge in [-0.05, 0) is 31.5 Å². The van der Waals surface area contributed by atoms with Crippen LogP contribution in [0.5, 0.6) is 0 Å². The molecule has 1 aliphatic rings. The number of furan rings is 1. The second-order valence-electron chi connectivity index (χ2n) is 4.87. The van der Waals surface area contributed by atoms with Crippen LogP contribution in [0.4, 0.5) is 0 Å². The minimum absolute atomic E-state index is 0.425. The second-order valence-corrected chi connectivity index (χ2v) is 5.73. The van der Waals surface area contributed by atoms with E-state index in [1.165, 1.54) is 12.8 Å². The van der Waals surface area contributed by atoms with E-state index in [-0.39, 0.29) is 0 Å². The average Bonchev–Trinajstić information content (AvgIpc) is 3.17. The molecule has 4 rings (SSSR count). The van der Waals surface area contributed by atoms with Crippen molar-refractivity contribution in [2.75, 3.05) is 6.54 Å². The fourth-order valence-electron chi connectivity index (χ4n) is 2.58. The van der Waals surface area contributed by atoms with Gasteiger partial charge in [0.05, 0.1) is 11.7 Å². The van der Waals surface area contributed by atoms with Crippen LogP contribution in [-0.2, 0) is 0 Å². The molecule has 19 heavy (non-hydrogen) atoms. The number of para-hydroxylation sites is 1. The van der Waals surface area contributed by atoms with Gasteiger partial charge >= 0.3 is 0 Å². The van der Waals surface area contributed by atoms with Gasteiger partial charge < -0.3 is 9.73 Å². The Labute approximate surface area is 115 Å². The minimum Gasteiger partial charge on any atom is -0.454 e. The fourth-order valence-corrected chi connectivity index (χ4v) is 3.41. The van der Waals surface area contributed by atoms with Crippen LogP contribution in [0.15, 0.2) is 40.1 Å². The van der Waals surface area contributed by atoms with Gasteiger partial charge in [-0.15, -0.1) is 11.3 Å². The van der Waals surface area contributed by atoms with E-state index in [2.05, 4.69) is 22.8 Å². The van der Waals surface area contributed by atoms with Crippen molar-refractivity contribution in [3.63, 3.8) is 0 Å².